The van der Waals surface area contributed by atoms with Crippen LogP contribution in [0.1, 0.15) is 65.0 Å². The molecule has 34 heavy (non-hydrogen) atoms. The van der Waals surface area contributed by atoms with E-state index in [0.717, 1.165) is 4.90 Å². The number of alkyl halides is 3. The predicted octanol–water partition coefficient (Wildman–Crippen LogP) is 4.33. The van der Waals surface area contributed by atoms with Crippen LogP contribution in [0, 0.1) is 11.6 Å². The minimum atomic E-state index is -5.15. The minimum absolute atomic E-state index is 0.0217. The van der Waals surface area contributed by atoms with Crippen molar-refractivity contribution < 1.29 is 41.1 Å². The molecule has 0 bridgehead atoms. The zero-order valence-electron chi connectivity index (χ0n) is 19.6. The summed E-state index contributed by atoms with van der Waals surface area (Å²) in [6.45, 7) is 7.96. The highest BCUT2D eigenvalue weighted by molar-refractivity contribution is 6.12. The van der Waals surface area contributed by atoms with Crippen molar-refractivity contribution in [2.75, 3.05) is 18.0 Å². The van der Waals surface area contributed by atoms with E-state index in [1.165, 1.54) is 18.7 Å². The first-order chi connectivity index (χ1) is 15.5. The van der Waals surface area contributed by atoms with Gasteiger partial charge in [0.05, 0.1) is 16.7 Å². The van der Waals surface area contributed by atoms with Crippen molar-refractivity contribution in [2.45, 2.75) is 77.1 Å². The van der Waals surface area contributed by atoms with Gasteiger partial charge >= 0.3 is 12.1 Å². The number of rotatable bonds is 5. The van der Waals surface area contributed by atoms with Crippen LogP contribution in [0.15, 0.2) is 6.07 Å². The number of nitrogens with zero attached hydrogens (tertiary/aromatic N) is 2. The Morgan fingerprint density at radius 3 is 2.35 bits per heavy atom. The van der Waals surface area contributed by atoms with Gasteiger partial charge in [-0.3, -0.25) is 19.3 Å². The van der Waals surface area contributed by atoms with Crippen LogP contribution in [0.5, 0.6) is 0 Å². The summed E-state index contributed by atoms with van der Waals surface area (Å²) in [6.07, 6.45) is -4.71. The molecule has 0 radical (unpaired) electrons. The third-order valence-corrected chi connectivity index (χ3v) is 5.92. The summed E-state index contributed by atoms with van der Waals surface area (Å²) in [6, 6.07) is -1.16. The van der Waals surface area contributed by atoms with Gasteiger partial charge in [0.25, 0.3) is 0 Å². The fraction of sp³-hybridized carbons (Fsp3) is 0.609. The maximum absolute atomic E-state index is 14.9. The lowest BCUT2D eigenvalue weighted by Crippen LogP contribution is -2.47. The molecule has 3 rings (SSSR count). The number of anilines is 1. The molecule has 1 fully saturated rings. The Hall–Kier alpha value is -2.72. The van der Waals surface area contributed by atoms with Gasteiger partial charge < -0.3 is 9.64 Å². The highest BCUT2D eigenvalue weighted by atomic mass is 19.4. The Kier molecular flexibility index (Phi) is 6.47. The predicted molar refractivity (Wildman–Crippen MR) is 112 cm³/mol. The molecule has 11 heteroatoms. The van der Waals surface area contributed by atoms with Crippen LogP contribution in [0.2, 0.25) is 0 Å². The third-order valence-electron chi connectivity index (χ3n) is 5.92. The minimum Gasteiger partial charge on any atom is -0.460 e. The van der Waals surface area contributed by atoms with Crippen LogP contribution in [-0.2, 0) is 30.7 Å². The molecule has 0 aliphatic carbocycles. The first-order valence-corrected chi connectivity index (χ1v) is 10.9. The molecule has 0 unspecified atom stereocenters. The highest BCUT2D eigenvalue weighted by Crippen LogP contribution is 2.49. The van der Waals surface area contributed by atoms with Gasteiger partial charge in [0.15, 0.2) is 0 Å². The van der Waals surface area contributed by atoms with Crippen molar-refractivity contribution >= 4 is 23.5 Å². The molecule has 1 atom stereocenters. The molecular weight excluding hydrogens is 463 g/mol. The van der Waals surface area contributed by atoms with Crippen molar-refractivity contribution in [1.29, 1.82) is 0 Å². The molecule has 2 aliphatic heterocycles. The van der Waals surface area contributed by atoms with E-state index in [9.17, 15) is 36.3 Å². The van der Waals surface area contributed by atoms with E-state index in [0.29, 0.717) is 6.42 Å². The second-order valence-electron chi connectivity index (χ2n) is 10.1. The Bertz CT molecular complexity index is 1030. The fourth-order valence-electron chi connectivity index (χ4n) is 4.43. The number of benzene rings is 1. The van der Waals surface area contributed by atoms with Crippen molar-refractivity contribution in [1.82, 2.24) is 4.90 Å². The standard InChI is InChI=1S/C23H27F5N2O4/c1-21(2,3)34-15(31)7-6-9-29-10-8-14(19(29)32)30-18-13(24)11-12(23(26,27)28)17(25)16(18)22(4,5)20(30)33/h11,14H,6-10H2,1-5H3/t14-/m0/s1. The van der Waals surface area contributed by atoms with Crippen LogP contribution in [0.4, 0.5) is 27.6 Å². The molecule has 1 aromatic carbocycles. The number of carbonyl (C=O) groups is 3. The van der Waals surface area contributed by atoms with Crippen LogP contribution in [0.25, 0.3) is 0 Å². The molecule has 2 heterocycles. The van der Waals surface area contributed by atoms with Gasteiger partial charge in [-0.1, -0.05) is 0 Å². The average Bonchev–Trinajstić information content (AvgIpc) is 3.11. The molecule has 2 aliphatic rings. The van der Waals surface area contributed by atoms with E-state index in [2.05, 4.69) is 0 Å². The summed E-state index contributed by atoms with van der Waals surface area (Å²) in [5, 5.41) is 0. The van der Waals surface area contributed by atoms with Crippen LogP contribution in [0.3, 0.4) is 0 Å². The number of hydrogen-bond acceptors (Lipinski definition) is 4. The Morgan fingerprint density at radius 2 is 1.79 bits per heavy atom. The summed E-state index contributed by atoms with van der Waals surface area (Å²) in [4.78, 5) is 40.2. The number of likely N-dealkylation sites (tertiary alicyclic amines) is 1. The lowest BCUT2D eigenvalue weighted by Gasteiger charge is -2.26. The van der Waals surface area contributed by atoms with Gasteiger partial charge in [-0.2, -0.15) is 13.2 Å². The van der Waals surface area contributed by atoms with Gasteiger partial charge in [-0.05, 0) is 53.5 Å². The molecule has 1 aromatic rings. The summed E-state index contributed by atoms with van der Waals surface area (Å²) in [5.41, 5.74) is -5.58. The maximum atomic E-state index is 14.9. The van der Waals surface area contributed by atoms with Gasteiger partial charge in [-0.25, -0.2) is 8.78 Å². The topological polar surface area (TPSA) is 66.9 Å². The maximum Gasteiger partial charge on any atom is 0.419 e. The number of carbonyl (C=O) groups excluding carboxylic acids is 3. The van der Waals surface area contributed by atoms with Crippen LogP contribution in [-0.4, -0.2) is 47.4 Å². The molecule has 1 saturated heterocycles. The zero-order chi connectivity index (χ0) is 25.8. The van der Waals surface area contributed by atoms with Crippen LogP contribution < -0.4 is 4.90 Å². The summed E-state index contributed by atoms with van der Waals surface area (Å²) >= 11 is 0. The Labute approximate surface area is 194 Å². The average molecular weight is 490 g/mol. The lowest BCUT2D eigenvalue weighted by atomic mass is 9.84. The third kappa shape index (κ3) is 4.61. The number of ether oxygens (including phenoxy) is 1. The fourth-order valence-corrected chi connectivity index (χ4v) is 4.43. The molecule has 188 valence electrons. The van der Waals surface area contributed by atoms with Crippen molar-refractivity contribution in [3.8, 4) is 0 Å². The van der Waals surface area contributed by atoms with E-state index in [1.807, 2.05) is 0 Å². The largest absolute Gasteiger partial charge is 0.460 e. The van der Waals surface area contributed by atoms with Crippen molar-refractivity contribution in [3.63, 3.8) is 0 Å². The van der Waals surface area contributed by atoms with E-state index < -0.39 is 69.5 Å². The normalized spacial score (nSPS) is 20.2. The Balaban J connectivity index is 1.83. The van der Waals surface area contributed by atoms with E-state index in [-0.39, 0.29) is 32.0 Å². The van der Waals surface area contributed by atoms with E-state index in [1.54, 1.807) is 20.8 Å². The number of fused-ring (bicyclic) bond motifs is 1. The van der Waals surface area contributed by atoms with Gasteiger partial charge in [-0.15, -0.1) is 0 Å². The highest BCUT2D eigenvalue weighted by Gasteiger charge is 2.54. The first-order valence-electron chi connectivity index (χ1n) is 10.9. The summed E-state index contributed by atoms with van der Waals surface area (Å²) in [7, 11) is 0. The molecule has 0 saturated carbocycles. The molecule has 6 nitrogen and oxygen atoms in total. The van der Waals surface area contributed by atoms with Crippen LogP contribution >= 0.6 is 0 Å². The number of esters is 1. The number of hydrogen-bond donors (Lipinski definition) is 0. The second-order valence-corrected chi connectivity index (χ2v) is 10.1. The van der Waals surface area contributed by atoms with E-state index >= 15 is 0 Å². The number of halogens is 5. The number of amides is 2. The van der Waals surface area contributed by atoms with E-state index in [4.69, 9.17) is 4.74 Å². The van der Waals surface area contributed by atoms with Crippen molar-refractivity contribution in [2.24, 2.45) is 0 Å². The van der Waals surface area contributed by atoms with Gasteiger partial charge in [0, 0.05) is 25.1 Å². The second kappa shape index (κ2) is 8.49. The van der Waals surface area contributed by atoms with Gasteiger partial charge in [0.1, 0.15) is 23.3 Å². The van der Waals surface area contributed by atoms with Crippen molar-refractivity contribution in [3.05, 3.63) is 28.8 Å². The Morgan fingerprint density at radius 1 is 1.18 bits per heavy atom. The summed E-state index contributed by atoms with van der Waals surface area (Å²) < 4.78 is 74.7. The molecule has 0 aromatic heterocycles. The van der Waals surface area contributed by atoms with Gasteiger partial charge in [0.2, 0.25) is 11.8 Å². The zero-order valence-corrected chi connectivity index (χ0v) is 19.6. The quantitative estimate of drug-likeness (QED) is 0.455. The SMILES string of the molecule is CC(C)(C)OC(=O)CCCN1CC[C@H](N2C(=O)C(C)(C)c3c(F)c(C(F)(F)F)cc(F)c32)C1=O. The first kappa shape index (κ1) is 25.9. The summed E-state index contributed by atoms with van der Waals surface area (Å²) in [5.74, 6) is -4.96. The molecule has 2 amide bonds. The lowest BCUT2D eigenvalue weighted by molar-refractivity contribution is -0.155. The molecule has 0 spiro atoms. The molecule has 0 N–H and O–H groups in total. The smallest absolute Gasteiger partial charge is 0.419 e. The molecular formula is C23H27F5N2O4. The monoisotopic (exact) mass is 490 g/mol.